The van der Waals surface area contributed by atoms with Gasteiger partial charge in [-0.2, -0.15) is 46.4 Å². The fourth-order valence-corrected chi connectivity index (χ4v) is 5.81. The molecule has 0 amide bonds. The van der Waals surface area contributed by atoms with Gasteiger partial charge in [0.05, 0.1) is 0 Å². The van der Waals surface area contributed by atoms with Crippen molar-refractivity contribution in [2.24, 2.45) is 0 Å². The van der Waals surface area contributed by atoms with Crippen LogP contribution in [0.25, 0.3) is 27.6 Å². The van der Waals surface area contributed by atoms with Gasteiger partial charge in [0.2, 0.25) is 0 Å². The predicted octanol–water partition coefficient (Wildman–Crippen LogP) is 9.01. The molecule has 6 aromatic rings. The second-order valence-corrected chi connectivity index (χ2v) is 12.3. The van der Waals surface area contributed by atoms with Crippen molar-refractivity contribution in [2.45, 2.75) is 52.4 Å². The van der Waals surface area contributed by atoms with Crippen molar-refractivity contribution in [3.05, 3.63) is 126 Å². The predicted molar refractivity (Wildman–Crippen MR) is 172 cm³/mol. The SMILES string of the molecule is [2H]C([2H])([2H])c1ccnc(-n2c3[c-]c(C(C)(C)c4[c-]c(N5[OH+]N(C(C)(C)C)c6ccccc65)ccc4)ccc3c3ccccc32)c1.[Pt]. The number of hydrogen-bond acceptors (Lipinski definition) is 3. The monoisotopic (exact) mass is 749 g/mol. The second kappa shape index (κ2) is 10.7. The Morgan fingerprint density at radius 2 is 1.51 bits per heavy atom. The molecule has 0 spiro atoms. The van der Waals surface area contributed by atoms with E-state index in [1.54, 1.807) is 18.3 Å². The molecule has 0 unspecified atom stereocenters. The van der Waals surface area contributed by atoms with Gasteiger partial charge in [-0.1, -0.05) is 49.7 Å². The van der Waals surface area contributed by atoms with E-state index < -0.39 is 12.3 Å². The first-order valence-electron chi connectivity index (χ1n) is 15.7. The Morgan fingerprint density at radius 3 is 2.30 bits per heavy atom. The third-order valence-electron chi connectivity index (χ3n) is 8.07. The van der Waals surface area contributed by atoms with Crippen molar-refractivity contribution in [1.29, 1.82) is 0 Å². The van der Waals surface area contributed by atoms with E-state index in [0.717, 1.165) is 50.0 Å². The molecule has 0 aliphatic carbocycles. The van der Waals surface area contributed by atoms with Crippen molar-refractivity contribution >= 4 is 38.9 Å². The van der Waals surface area contributed by atoms with Gasteiger partial charge in [-0.15, -0.1) is 27.6 Å². The van der Waals surface area contributed by atoms with Gasteiger partial charge in [-0.25, -0.2) is 4.98 Å². The van der Waals surface area contributed by atoms with Gasteiger partial charge < -0.3 is 4.57 Å². The number of fused-ring (bicyclic) bond motifs is 4. The number of benzene rings is 4. The molecule has 0 bridgehead atoms. The van der Waals surface area contributed by atoms with Gasteiger partial charge >= 0.3 is 0 Å². The summed E-state index contributed by atoms with van der Waals surface area (Å²) in [4.78, 5) is 9.62. The molecule has 0 saturated carbocycles. The van der Waals surface area contributed by atoms with E-state index in [2.05, 4.69) is 99.3 Å². The van der Waals surface area contributed by atoms with E-state index in [4.69, 9.17) is 9.05 Å². The van der Waals surface area contributed by atoms with Gasteiger partial charge in [-0.05, 0) is 74.3 Å². The summed E-state index contributed by atoms with van der Waals surface area (Å²) in [6.07, 6.45) is 1.56. The zero-order chi connectivity index (χ0) is 31.7. The zero-order valence-corrected chi connectivity index (χ0v) is 27.1. The zero-order valence-electron chi connectivity index (χ0n) is 27.8. The molecule has 1 aliphatic heterocycles. The number of hydroxylamine groups is 1. The van der Waals surface area contributed by atoms with Gasteiger partial charge in [0.15, 0.2) is 0 Å². The van der Waals surface area contributed by atoms with E-state index in [1.807, 2.05) is 46.0 Å². The summed E-state index contributed by atoms with van der Waals surface area (Å²) in [5.41, 5.74) is 6.30. The van der Waals surface area contributed by atoms with Gasteiger partial charge in [0, 0.05) is 42.6 Å². The summed E-state index contributed by atoms with van der Waals surface area (Å²) in [5, 5.41) is 6.11. The molecule has 0 saturated heterocycles. The first-order chi connectivity index (χ1) is 21.3. The normalized spacial score (nSPS) is 14.8. The third kappa shape index (κ3) is 4.85. The van der Waals surface area contributed by atoms with Crippen LogP contribution in [0.3, 0.4) is 0 Å². The maximum atomic E-state index is 7.97. The number of nitrogens with zero attached hydrogens (tertiary/aromatic N) is 4. The Hall–Kier alpha value is -3.92. The number of rotatable bonds is 4. The Kier molecular flexibility index (Phi) is 6.34. The average Bonchev–Trinajstić information content (AvgIpc) is 3.57. The summed E-state index contributed by atoms with van der Waals surface area (Å²) in [6, 6.07) is 37.5. The minimum Gasteiger partial charge on any atom is -0.319 e. The van der Waals surface area contributed by atoms with Crippen LogP contribution in [-0.4, -0.2) is 20.0 Å². The quantitative estimate of drug-likeness (QED) is 0.133. The molecule has 0 atom stereocenters. The van der Waals surface area contributed by atoms with E-state index in [1.165, 1.54) is 0 Å². The molecule has 43 heavy (non-hydrogen) atoms. The number of aryl methyl sites for hydroxylation is 1. The molecule has 1 N–H and O–H groups in total. The minimum atomic E-state index is -2.24. The topological polar surface area (TPSA) is 37.1 Å². The number of hydrogen-bond donors (Lipinski definition) is 0. The number of para-hydroxylation sites is 3. The molecular weight excluding hydrogens is 712 g/mol. The Balaban J connectivity index is 0.00000372. The van der Waals surface area contributed by atoms with Crippen LogP contribution >= 0.6 is 0 Å². The van der Waals surface area contributed by atoms with Crippen LogP contribution in [0.5, 0.6) is 0 Å². The summed E-state index contributed by atoms with van der Waals surface area (Å²) in [7, 11) is 0. The van der Waals surface area contributed by atoms with Crippen molar-refractivity contribution in [2.75, 3.05) is 10.1 Å². The van der Waals surface area contributed by atoms with Crippen LogP contribution in [0, 0.1) is 19.0 Å². The van der Waals surface area contributed by atoms with E-state index >= 15 is 0 Å². The van der Waals surface area contributed by atoms with Crippen molar-refractivity contribution in [3.63, 3.8) is 0 Å². The fourth-order valence-electron chi connectivity index (χ4n) is 5.81. The standard InChI is InChI=1S/C37H34N4O.Pt/c1-25-20-21-38-35(22-25)39-31-15-8-7-14-29(31)30-19-18-27(24-34(30)39)37(5,6)26-12-11-13-28(23-26)40-32-16-9-10-17-33(32)41(42-40)36(2,3)4;/h7-22H,1-6H3;/q-2;/p+1/i1D3;. The molecular formula is C37H35N4OPt-. The third-order valence-corrected chi connectivity index (χ3v) is 8.07. The van der Waals surface area contributed by atoms with Gasteiger partial charge in [0.1, 0.15) is 22.7 Å². The molecule has 2 aromatic heterocycles. The van der Waals surface area contributed by atoms with E-state index in [0.29, 0.717) is 5.82 Å². The average molecular weight is 750 g/mol. The van der Waals surface area contributed by atoms with Crippen LogP contribution in [0.1, 0.15) is 55.4 Å². The molecule has 6 heteroatoms. The number of anilines is 3. The summed E-state index contributed by atoms with van der Waals surface area (Å²) in [6.45, 7) is 8.58. The fraction of sp³-hybridized carbons (Fsp3) is 0.216. The molecule has 0 fully saturated rings. The molecule has 1 aliphatic rings. The number of aromatic nitrogens is 2. The van der Waals surface area contributed by atoms with Crippen molar-refractivity contribution < 1.29 is 30.1 Å². The smallest absolute Gasteiger partial charge is 0.145 e. The van der Waals surface area contributed by atoms with E-state index in [-0.39, 0.29) is 32.2 Å². The summed E-state index contributed by atoms with van der Waals surface area (Å²) in [5.74, 6) is 0.548. The number of pyridine rings is 1. The van der Waals surface area contributed by atoms with Crippen LogP contribution in [-0.2, 0) is 26.5 Å². The van der Waals surface area contributed by atoms with Crippen LogP contribution < -0.4 is 10.1 Å². The minimum absolute atomic E-state index is 0. The Morgan fingerprint density at radius 1 is 0.767 bits per heavy atom. The summed E-state index contributed by atoms with van der Waals surface area (Å²) < 4.78 is 25.9. The maximum Gasteiger partial charge on any atom is 0.145 e. The summed E-state index contributed by atoms with van der Waals surface area (Å²) >= 11 is 0. The Labute approximate surface area is 272 Å². The second-order valence-electron chi connectivity index (χ2n) is 12.3. The van der Waals surface area contributed by atoms with Crippen molar-refractivity contribution in [1.82, 2.24) is 9.55 Å². The van der Waals surface area contributed by atoms with Gasteiger partial charge in [0.25, 0.3) is 0 Å². The van der Waals surface area contributed by atoms with E-state index in [9.17, 15) is 0 Å². The first-order valence-corrected chi connectivity index (χ1v) is 14.2. The van der Waals surface area contributed by atoms with Crippen molar-refractivity contribution in [3.8, 4) is 5.82 Å². The van der Waals surface area contributed by atoms with Crippen LogP contribution in [0.4, 0.5) is 17.1 Å². The maximum absolute atomic E-state index is 7.97. The van der Waals surface area contributed by atoms with Gasteiger partial charge in [-0.3, -0.25) is 0 Å². The van der Waals surface area contributed by atoms with Crippen LogP contribution in [0.2, 0.25) is 0 Å². The molecule has 220 valence electrons. The Bertz CT molecular complexity index is 2080. The molecule has 0 radical (unpaired) electrons. The first kappa shape index (κ1) is 25.6. The molecule has 3 heterocycles. The molecule has 7 rings (SSSR count). The largest absolute Gasteiger partial charge is 0.319 e. The molecule has 5 nitrogen and oxygen atoms in total. The molecule has 4 aromatic carbocycles. The van der Waals surface area contributed by atoms with Crippen LogP contribution in [0.15, 0.2) is 97.2 Å².